The number of anilines is 1. The topological polar surface area (TPSA) is 75.7 Å². The molecular weight excluding hydrogens is 436 g/mol. The molecule has 0 bridgehead atoms. The summed E-state index contributed by atoms with van der Waals surface area (Å²) in [4.78, 5) is 12.2. The van der Waals surface area contributed by atoms with Crippen LogP contribution < -0.4 is 10.1 Å². The lowest BCUT2D eigenvalue weighted by atomic mass is 10.2. The van der Waals surface area contributed by atoms with Gasteiger partial charge in [-0.1, -0.05) is 48.0 Å². The molecule has 0 unspecified atom stereocenters. The zero-order chi connectivity index (χ0) is 22.4. The van der Waals surface area contributed by atoms with E-state index in [2.05, 4.69) is 5.32 Å². The van der Waals surface area contributed by atoms with E-state index in [9.17, 15) is 13.2 Å². The maximum Gasteiger partial charge on any atom is 0.262 e. The smallest absolute Gasteiger partial charge is 0.262 e. The number of carbonyl (C=O) groups excluding carboxylic acids is 1. The van der Waals surface area contributed by atoms with Gasteiger partial charge in [0, 0.05) is 24.3 Å². The van der Waals surface area contributed by atoms with Crippen molar-refractivity contribution in [2.45, 2.75) is 18.4 Å². The highest BCUT2D eigenvalue weighted by Gasteiger charge is 2.21. The average molecular weight is 459 g/mol. The van der Waals surface area contributed by atoms with Crippen molar-refractivity contribution in [1.82, 2.24) is 4.31 Å². The molecule has 1 amide bonds. The number of rotatable bonds is 8. The fourth-order valence-corrected chi connectivity index (χ4v) is 4.17. The van der Waals surface area contributed by atoms with Crippen LogP contribution in [0.5, 0.6) is 5.75 Å². The van der Waals surface area contributed by atoms with Crippen molar-refractivity contribution in [2.24, 2.45) is 0 Å². The van der Waals surface area contributed by atoms with Gasteiger partial charge in [-0.2, -0.15) is 4.31 Å². The van der Waals surface area contributed by atoms with Gasteiger partial charge in [-0.05, 0) is 54.4 Å². The quantitative estimate of drug-likeness (QED) is 0.539. The Morgan fingerprint density at radius 2 is 1.71 bits per heavy atom. The van der Waals surface area contributed by atoms with Crippen molar-refractivity contribution in [2.75, 3.05) is 19.0 Å². The summed E-state index contributed by atoms with van der Waals surface area (Å²) in [5, 5.41) is 3.27. The van der Waals surface area contributed by atoms with Crippen molar-refractivity contribution in [3.63, 3.8) is 0 Å². The van der Waals surface area contributed by atoms with E-state index >= 15 is 0 Å². The molecule has 31 heavy (non-hydrogen) atoms. The molecule has 0 heterocycles. The Morgan fingerprint density at radius 3 is 2.35 bits per heavy atom. The minimum Gasteiger partial charge on any atom is -0.484 e. The second kappa shape index (κ2) is 9.96. The summed E-state index contributed by atoms with van der Waals surface area (Å²) in [5.41, 5.74) is 2.39. The first-order valence-electron chi connectivity index (χ1n) is 9.55. The summed E-state index contributed by atoms with van der Waals surface area (Å²) < 4.78 is 32.3. The van der Waals surface area contributed by atoms with Gasteiger partial charge in [0.1, 0.15) is 5.75 Å². The van der Waals surface area contributed by atoms with Crippen LogP contribution in [0.1, 0.15) is 11.1 Å². The number of amides is 1. The molecule has 0 aliphatic heterocycles. The average Bonchev–Trinajstić information content (AvgIpc) is 2.76. The van der Waals surface area contributed by atoms with Gasteiger partial charge in [-0.3, -0.25) is 4.79 Å². The number of aryl methyl sites for hydroxylation is 1. The lowest BCUT2D eigenvalue weighted by molar-refractivity contribution is -0.118. The van der Waals surface area contributed by atoms with Gasteiger partial charge in [0.05, 0.1) is 4.90 Å². The standard InChI is InChI=1S/C23H23ClN2O4S/c1-17-8-9-19(14-22(17)24)25-23(27)16-30-20-10-12-21(13-11-20)31(28,29)26(2)15-18-6-4-3-5-7-18/h3-14H,15-16H2,1-2H3,(H,25,27). The zero-order valence-corrected chi connectivity index (χ0v) is 18.8. The molecule has 0 aromatic heterocycles. The molecule has 6 nitrogen and oxygen atoms in total. The molecule has 0 atom stereocenters. The number of carbonyl (C=O) groups is 1. The van der Waals surface area contributed by atoms with Crippen LogP contribution in [0.25, 0.3) is 0 Å². The Balaban J connectivity index is 1.57. The Hall–Kier alpha value is -2.87. The Morgan fingerprint density at radius 1 is 1.03 bits per heavy atom. The Kier molecular flexibility index (Phi) is 7.33. The second-order valence-electron chi connectivity index (χ2n) is 7.02. The van der Waals surface area contributed by atoms with E-state index < -0.39 is 10.0 Å². The molecule has 3 aromatic rings. The fourth-order valence-electron chi connectivity index (χ4n) is 2.83. The molecule has 8 heteroatoms. The van der Waals surface area contributed by atoms with Crippen LogP contribution in [0.4, 0.5) is 5.69 Å². The van der Waals surface area contributed by atoms with E-state index in [4.69, 9.17) is 16.3 Å². The maximum atomic E-state index is 12.8. The summed E-state index contributed by atoms with van der Waals surface area (Å²) in [7, 11) is -2.11. The van der Waals surface area contributed by atoms with Gasteiger partial charge in [-0.25, -0.2) is 8.42 Å². The number of nitrogens with one attached hydrogen (secondary N) is 1. The highest BCUT2D eigenvalue weighted by atomic mass is 35.5. The SMILES string of the molecule is Cc1ccc(NC(=O)COc2ccc(S(=O)(=O)N(C)Cc3ccccc3)cc2)cc1Cl. The zero-order valence-electron chi connectivity index (χ0n) is 17.2. The molecule has 0 radical (unpaired) electrons. The third-order valence-corrected chi connectivity index (χ3v) is 6.83. The number of benzene rings is 3. The number of hydrogen-bond donors (Lipinski definition) is 1. The lowest BCUT2D eigenvalue weighted by Gasteiger charge is -2.17. The molecule has 0 fully saturated rings. The Bertz CT molecular complexity index is 1150. The van der Waals surface area contributed by atoms with Gasteiger partial charge >= 0.3 is 0 Å². The van der Waals surface area contributed by atoms with Crippen LogP contribution in [0.2, 0.25) is 5.02 Å². The number of nitrogens with zero attached hydrogens (tertiary/aromatic N) is 1. The minimum atomic E-state index is -3.65. The summed E-state index contributed by atoms with van der Waals surface area (Å²) in [6.45, 7) is 1.93. The first-order valence-corrected chi connectivity index (χ1v) is 11.4. The lowest BCUT2D eigenvalue weighted by Crippen LogP contribution is -2.26. The predicted octanol–water partition coefficient (Wildman–Crippen LogP) is 4.49. The summed E-state index contributed by atoms with van der Waals surface area (Å²) in [5.74, 6) is 0.0426. The van der Waals surface area contributed by atoms with Crippen molar-refractivity contribution in [3.05, 3.63) is 88.9 Å². The number of sulfonamides is 1. The highest BCUT2D eigenvalue weighted by Crippen LogP contribution is 2.21. The van der Waals surface area contributed by atoms with Gasteiger partial charge in [0.2, 0.25) is 10.0 Å². The first-order chi connectivity index (χ1) is 14.8. The molecule has 3 rings (SSSR count). The van der Waals surface area contributed by atoms with E-state index in [0.29, 0.717) is 16.5 Å². The minimum absolute atomic E-state index is 0.150. The van der Waals surface area contributed by atoms with Gasteiger partial charge in [0.25, 0.3) is 5.91 Å². The molecule has 0 saturated carbocycles. The monoisotopic (exact) mass is 458 g/mol. The van der Waals surface area contributed by atoms with Crippen LogP contribution in [0, 0.1) is 6.92 Å². The van der Waals surface area contributed by atoms with Crippen molar-refractivity contribution in [1.29, 1.82) is 0 Å². The fraction of sp³-hybridized carbons (Fsp3) is 0.174. The summed E-state index contributed by atoms with van der Waals surface area (Å²) >= 11 is 6.05. The van der Waals surface area contributed by atoms with Crippen LogP contribution in [-0.4, -0.2) is 32.3 Å². The molecule has 0 aliphatic rings. The molecule has 0 spiro atoms. The number of hydrogen-bond acceptors (Lipinski definition) is 4. The maximum absolute atomic E-state index is 12.8. The van der Waals surface area contributed by atoms with Crippen LogP contribution >= 0.6 is 11.6 Å². The second-order valence-corrected chi connectivity index (χ2v) is 9.47. The largest absolute Gasteiger partial charge is 0.484 e. The number of halogens is 1. The normalized spacial score (nSPS) is 11.4. The van der Waals surface area contributed by atoms with Gasteiger partial charge in [0.15, 0.2) is 6.61 Å². The predicted molar refractivity (Wildman–Crippen MR) is 122 cm³/mol. The highest BCUT2D eigenvalue weighted by molar-refractivity contribution is 7.89. The number of ether oxygens (including phenoxy) is 1. The third-order valence-electron chi connectivity index (χ3n) is 4.61. The molecule has 0 aliphatic carbocycles. The van der Waals surface area contributed by atoms with Crippen LogP contribution in [0.3, 0.4) is 0 Å². The Labute approximate surface area is 187 Å². The van der Waals surface area contributed by atoms with Crippen molar-refractivity contribution in [3.8, 4) is 5.75 Å². The summed E-state index contributed by atoms with van der Waals surface area (Å²) in [6.07, 6.45) is 0. The molecule has 1 N–H and O–H groups in total. The summed E-state index contributed by atoms with van der Waals surface area (Å²) in [6, 6.07) is 20.6. The van der Waals surface area contributed by atoms with Gasteiger partial charge in [-0.15, -0.1) is 0 Å². The first kappa shape index (κ1) is 22.8. The molecular formula is C23H23ClN2O4S. The molecule has 162 valence electrons. The van der Waals surface area contributed by atoms with E-state index in [1.165, 1.54) is 35.6 Å². The van der Waals surface area contributed by atoms with E-state index in [-0.39, 0.29) is 24.0 Å². The van der Waals surface area contributed by atoms with Crippen molar-refractivity contribution >= 4 is 33.2 Å². The van der Waals surface area contributed by atoms with Crippen molar-refractivity contribution < 1.29 is 17.9 Å². The van der Waals surface area contributed by atoms with Gasteiger partial charge < -0.3 is 10.1 Å². The third kappa shape index (κ3) is 6.07. The van der Waals surface area contributed by atoms with E-state index in [1.54, 1.807) is 12.1 Å². The molecule has 3 aromatic carbocycles. The van der Waals surface area contributed by atoms with E-state index in [1.807, 2.05) is 43.3 Å². The molecule has 0 saturated heterocycles. The van der Waals surface area contributed by atoms with E-state index in [0.717, 1.165) is 11.1 Å². The van der Waals surface area contributed by atoms with Crippen LogP contribution in [0.15, 0.2) is 77.7 Å². The van der Waals surface area contributed by atoms with Crippen LogP contribution in [-0.2, 0) is 21.4 Å².